The Morgan fingerprint density at radius 2 is 1.74 bits per heavy atom. The van der Waals surface area contributed by atoms with E-state index in [1.54, 1.807) is 37.3 Å². The van der Waals surface area contributed by atoms with Crippen molar-refractivity contribution in [3.05, 3.63) is 53.6 Å². The van der Waals surface area contributed by atoms with Crippen LogP contribution in [0.25, 0.3) is 0 Å². The summed E-state index contributed by atoms with van der Waals surface area (Å²) in [5.41, 5.74) is -0.265. The van der Waals surface area contributed by atoms with Crippen LogP contribution in [0.5, 0.6) is 17.2 Å². The van der Waals surface area contributed by atoms with Crippen LogP contribution in [0, 0.1) is 0 Å². The van der Waals surface area contributed by atoms with Crippen LogP contribution in [0.1, 0.15) is 18.1 Å². The second kappa shape index (κ2) is 9.94. The molecule has 0 aliphatic carbocycles. The number of halogens is 2. The number of amides is 4. The number of likely N-dealkylation sites (N-methyl/N-ethyl adjacent to an activating group) is 1. The maximum atomic E-state index is 13.2. The monoisotopic (exact) mass is 477 g/mol. The molecule has 0 radical (unpaired) electrons. The topological polar surface area (TPSA) is 97.4 Å². The van der Waals surface area contributed by atoms with E-state index >= 15 is 0 Å². The zero-order chi connectivity index (χ0) is 25.0. The molecular weight excluding hydrogens is 452 g/mol. The minimum absolute atomic E-state index is 0.00140. The maximum Gasteiger partial charge on any atom is 0.387 e. The van der Waals surface area contributed by atoms with E-state index in [1.165, 1.54) is 38.3 Å². The zero-order valence-corrected chi connectivity index (χ0v) is 19.1. The predicted molar refractivity (Wildman–Crippen MR) is 117 cm³/mol. The molecule has 3 rings (SSSR count). The van der Waals surface area contributed by atoms with Gasteiger partial charge in [-0.15, -0.1) is 0 Å². The number of nitrogens with zero attached hydrogens (tertiary/aromatic N) is 2. The van der Waals surface area contributed by atoms with Gasteiger partial charge in [0, 0.05) is 13.6 Å². The highest BCUT2D eigenvalue weighted by atomic mass is 19.3. The van der Waals surface area contributed by atoms with E-state index in [1.807, 2.05) is 0 Å². The summed E-state index contributed by atoms with van der Waals surface area (Å²) in [5, 5.41) is 2.65. The van der Waals surface area contributed by atoms with E-state index in [0.717, 1.165) is 4.90 Å². The Morgan fingerprint density at radius 3 is 2.32 bits per heavy atom. The Bertz CT molecular complexity index is 1080. The molecule has 0 spiro atoms. The molecule has 0 bridgehead atoms. The molecule has 2 aromatic rings. The van der Waals surface area contributed by atoms with Crippen LogP contribution in [0.3, 0.4) is 0 Å². The van der Waals surface area contributed by atoms with Crippen LogP contribution in [-0.4, -0.2) is 62.1 Å². The van der Waals surface area contributed by atoms with Gasteiger partial charge in [0.25, 0.3) is 5.91 Å². The fourth-order valence-electron chi connectivity index (χ4n) is 3.58. The average molecular weight is 477 g/mol. The molecule has 4 amide bonds. The summed E-state index contributed by atoms with van der Waals surface area (Å²) in [5.74, 6) is -0.203. The molecule has 0 saturated carbocycles. The highest BCUT2D eigenvalue weighted by Crippen LogP contribution is 2.35. The number of carbonyl (C=O) groups excluding carboxylic acids is 3. The van der Waals surface area contributed by atoms with Crippen LogP contribution in [-0.2, 0) is 21.7 Å². The van der Waals surface area contributed by atoms with Crippen molar-refractivity contribution < 1.29 is 37.4 Å². The number of imide groups is 1. The Labute approximate surface area is 195 Å². The minimum atomic E-state index is -2.93. The molecule has 11 heteroatoms. The number of hydrogen-bond donors (Lipinski definition) is 1. The van der Waals surface area contributed by atoms with Crippen molar-refractivity contribution in [2.75, 3.05) is 27.8 Å². The molecule has 1 N–H and O–H groups in total. The summed E-state index contributed by atoms with van der Waals surface area (Å²) in [6.45, 7) is -1.70. The van der Waals surface area contributed by atoms with Gasteiger partial charge in [0.2, 0.25) is 5.91 Å². The molecule has 1 unspecified atom stereocenters. The number of nitrogens with one attached hydrogen (secondary N) is 1. The third kappa shape index (κ3) is 5.03. The quantitative estimate of drug-likeness (QED) is 0.558. The van der Waals surface area contributed by atoms with Crippen molar-refractivity contribution in [1.29, 1.82) is 0 Å². The van der Waals surface area contributed by atoms with Crippen LogP contribution < -0.4 is 19.5 Å². The SMILES string of the molecule is COc1ccc(C2(C)NC(=O)N(CC(=O)N(C)Cc3ccc(OC(F)F)cc3)C2=O)cc1OC. The summed E-state index contributed by atoms with van der Waals surface area (Å²) in [6, 6.07) is 9.98. The van der Waals surface area contributed by atoms with Gasteiger partial charge in [0.15, 0.2) is 11.5 Å². The molecule has 1 heterocycles. The van der Waals surface area contributed by atoms with Crippen molar-refractivity contribution in [3.63, 3.8) is 0 Å². The fourth-order valence-corrected chi connectivity index (χ4v) is 3.58. The summed E-state index contributed by atoms with van der Waals surface area (Å²) >= 11 is 0. The first-order chi connectivity index (χ1) is 16.1. The van der Waals surface area contributed by atoms with Gasteiger partial charge >= 0.3 is 12.6 Å². The van der Waals surface area contributed by atoms with E-state index in [2.05, 4.69) is 10.1 Å². The number of carbonyl (C=O) groups is 3. The van der Waals surface area contributed by atoms with Gasteiger partial charge in [-0.3, -0.25) is 14.5 Å². The third-order valence-electron chi connectivity index (χ3n) is 5.52. The molecule has 1 aliphatic heterocycles. The van der Waals surface area contributed by atoms with Crippen LogP contribution >= 0.6 is 0 Å². The molecule has 0 aromatic heterocycles. The van der Waals surface area contributed by atoms with Crippen molar-refractivity contribution in [3.8, 4) is 17.2 Å². The Balaban J connectivity index is 1.69. The van der Waals surface area contributed by atoms with E-state index in [9.17, 15) is 23.2 Å². The maximum absolute atomic E-state index is 13.2. The molecule has 1 aliphatic rings. The second-order valence-corrected chi connectivity index (χ2v) is 7.79. The highest BCUT2D eigenvalue weighted by molar-refractivity contribution is 6.09. The van der Waals surface area contributed by atoms with Crippen LogP contribution in [0.15, 0.2) is 42.5 Å². The lowest BCUT2D eigenvalue weighted by molar-refractivity contribution is -0.138. The molecule has 182 valence electrons. The number of ether oxygens (including phenoxy) is 3. The van der Waals surface area contributed by atoms with E-state index in [0.29, 0.717) is 22.6 Å². The van der Waals surface area contributed by atoms with Crippen molar-refractivity contribution in [1.82, 2.24) is 15.1 Å². The minimum Gasteiger partial charge on any atom is -0.493 e. The van der Waals surface area contributed by atoms with Crippen molar-refractivity contribution in [2.24, 2.45) is 0 Å². The first-order valence-corrected chi connectivity index (χ1v) is 10.2. The van der Waals surface area contributed by atoms with Gasteiger partial charge in [-0.2, -0.15) is 8.78 Å². The van der Waals surface area contributed by atoms with Gasteiger partial charge in [-0.05, 0) is 42.3 Å². The Hall–Kier alpha value is -3.89. The molecule has 1 saturated heterocycles. The number of benzene rings is 2. The normalized spacial score (nSPS) is 17.6. The van der Waals surface area contributed by atoms with Gasteiger partial charge in [-0.1, -0.05) is 18.2 Å². The molecule has 9 nitrogen and oxygen atoms in total. The lowest BCUT2D eigenvalue weighted by Crippen LogP contribution is -2.43. The van der Waals surface area contributed by atoms with Crippen molar-refractivity contribution in [2.45, 2.75) is 25.6 Å². The van der Waals surface area contributed by atoms with Gasteiger partial charge in [-0.25, -0.2) is 4.79 Å². The molecule has 2 aromatic carbocycles. The molecular formula is C23H25F2N3O6. The first kappa shape index (κ1) is 24.7. The van der Waals surface area contributed by atoms with Crippen LogP contribution in [0.2, 0.25) is 0 Å². The molecule has 34 heavy (non-hydrogen) atoms. The van der Waals surface area contributed by atoms with Gasteiger partial charge in [0.1, 0.15) is 17.8 Å². The number of alkyl halides is 2. The van der Waals surface area contributed by atoms with Gasteiger partial charge < -0.3 is 24.4 Å². The lowest BCUT2D eigenvalue weighted by atomic mass is 9.91. The van der Waals surface area contributed by atoms with Crippen LogP contribution in [0.4, 0.5) is 13.6 Å². The summed E-state index contributed by atoms with van der Waals surface area (Å²) in [4.78, 5) is 40.7. The Morgan fingerprint density at radius 1 is 1.09 bits per heavy atom. The number of rotatable bonds is 9. The zero-order valence-electron chi connectivity index (χ0n) is 19.1. The molecule has 1 atom stereocenters. The average Bonchev–Trinajstić information content (AvgIpc) is 3.03. The van der Waals surface area contributed by atoms with E-state index < -0.39 is 36.5 Å². The van der Waals surface area contributed by atoms with E-state index in [-0.39, 0.29) is 12.3 Å². The first-order valence-electron chi connectivity index (χ1n) is 10.2. The van der Waals surface area contributed by atoms with Crippen molar-refractivity contribution >= 4 is 17.8 Å². The highest BCUT2D eigenvalue weighted by Gasteiger charge is 2.50. The number of methoxy groups -OCH3 is 2. The Kier molecular flexibility index (Phi) is 7.23. The smallest absolute Gasteiger partial charge is 0.387 e. The molecule has 1 fully saturated rings. The predicted octanol–water partition coefficient (Wildman–Crippen LogP) is 2.73. The number of urea groups is 1. The third-order valence-corrected chi connectivity index (χ3v) is 5.52. The lowest BCUT2D eigenvalue weighted by Gasteiger charge is -2.24. The number of hydrogen-bond acceptors (Lipinski definition) is 6. The second-order valence-electron chi connectivity index (χ2n) is 7.79. The van der Waals surface area contributed by atoms with Gasteiger partial charge in [0.05, 0.1) is 14.2 Å². The summed E-state index contributed by atoms with van der Waals surface area (Å²) in [7, 11) is 4.45. The summed E-state index contributed by atoms with van der Waals surface area (Å²) < 4.78 is 39.3. The standard InChI is InChI=1S/C23H25F2N3O6/c1-23(15-7-10-17(32-3)18(11-15)33-4)20(30)28(22(31)26-23)13-19(29)27(2)12-14-5-8-16(9-6-14)34-21(24)25/h5-11,21H,12-13H2,1-4H3,(H,26,31). The fraction of sp³-hybridized carbons (Fsp3) is 0.348. The summed E-state index contributed by atoms with van der Waals surface area (Å²) in [6.07, 6.45) is 0. The largest absolute Gasteiger partial charge is 0.493 e. The van der Waals surface area contributed by atoms with E-state index in [4.69, 9.17) is 9.47 Å².